The van der Waals surface area contributed by atoms with Crippen LogP contribution < -0.4 is 10.6 Å². The number of rotatable bonds is 9. The number of hydrogen-bond donors (Lipinski definition) is 3. The lowest BCUT2D eigenvalue weighted by Gasteiger charge is -2.39. The molecule has 1 aromatic carbocycles. The zero-order valence-electron chi connectivity index (χ0n) is 20.7. The van der Waals surface area contributed by atoms with Crippen LogP contribution in [0.5, 0.6) is 0 Å². The van der Waals surface area contributed by atoms with Gasteiger partial charge in [0.15, 0.2) is 0 Å². The van der Waals surface area contributed by atoms with Crippen LogP contribution in [0.25, 0.3) is 0 Å². The summed E-state index contributed by atoms with van der Waals surface area (Å²) in [7, 11) is 0. The van der Waals surface area contributed by atoms with Crippen molar-refractivity contribution in [3.05, 3.63) is 30.3 Å². The Kier molecular flexibility index (Phi) is 7.88. The van der Waals surface area contributed by atoms with Gasteiger partial charge in [0.05, 0.1) is 29.2 Å². The number of aliphatic hydroxyl groups excluding tert-OH is 1. The number of fused-ring (bicyclic) bond motifs is 1. The van der Waals surface area contributed by atoms with Gasteiger partial charge >= 0.3 is 0 Å². The predicted octanol–water partition coefficient (Wildman–Crippen LogP) is 3.41. The second-order valence-electron chi connectivity index (χ2n) is 10.5. The monoisotopic (exact) mass is 565 g/mol. The minimum atomic E-state index is -0.733. The van der Waals surface area contributed by atoms with E-state index in [1.807, 2.05) is 51.1 Å². The van der Waals surface area contributed by atoms with Gasteiger partial charge < -0.3 is 20.6 Å². The molecule has 35 heavy (non-hydrogen) atoms. The molecular formula is C26H36BrN3O4S. The third kappa shape index (κ3) is 4.53. The average molecular weight is 567 g/mol. The van der Waals surface area contributed by atoms with Crippen molar-refractivity contribution in [2.45, 2.75) is 79.9 Å². The molecule has 7 nitrogen and oxygen atoms in total. The number of alkyl halides is 1. The van der Waals surface area contributed by atoms with Crippen LogP contribution in [-0.4, -0.2) is 67.3 Å². The summed E-state index contributed by atoms with van der Waals surface area (Å²) in [6, 6.07) is 8.00. The summed E-state index contributed by atoms with van der Waals surface area (Å²) in [5, 5.41) is 16.3. The maximum Gasteiger partial charge on any atom is 0.244 e. The molecule has 2 bridgehead atoms. The molecule has 0 saturated carbocycles. The summed E-state index contributed by atoms with van der Waals surface area (Å²) in [5.41, 5.74) is 0.686. The number of carbonyl (C=O) groups is 3. The van der Waals surface area contributed by atoms with E-state index >= 15 is 0 Å². The average Bonchev–Trinajstić information content (AvgIpc) is 3.39. The number of hydrogen-bond acceptors (Lipinski definition) is 5. The lowest BCUT2D eigenvalue weighted by atomic mass is 9.70. The van der Waals surface area contributed by atoms with E-state index in [9.17, 15) is 19.5 Å². The van der Waals surface area contributed by atoms with Gasteiger partial charge in [0, 0.05) is 21.8 Å². The second-order valence-corrected chi connectivity index (χ2v) is 13.2. The Labute approximate surface area is 220 Å². The zero-order valence-corrected chi connectivity index (χ0v) is 23.1. The molecule has 3 heterocycles. The topological polar surface area (TPSA) is 98.7 Å². The van der Waals surface area contributed by atoms with Crippen LogP contribution in [0.15, 0.2) is 30.3 Å². The fourth-order valence-electron chi connectivity index (χ4n) is 6.22. The van der Waals surface area contributed by atoms with Crippen molar-refractivity contribution in [1.29, 1.82) is 0 Å². The maximum atomic E-state index is 14.1. The Hall–Kier alpha value is -1.58. The van der Waals surface area contributed by atoms with Crippen molar-refractivity contribution < 1.29 is 19.5 Å². The molecule has 3 amide bonds. The van der Waals surface area contributed by atoms with E-state index in [1.165, 1.54) is 0 Å². The number of benzene rings is 1. The van der Waals surface area contributed by atoms with Crippen molar-refractivity contribution in [1.82, 2.24) is 10.2 Å². The Morgan fingerprint density at radius 2 is 1.91 bits per heavy atom. The molecular weight excluding hydrogens is 530 g/mol. The fourth-order valence-corrected chi connectivity index (χ4v) is 9.82. The number of carbonyl (C=O) groups excluding carboxylic acids is 3. The van der Waals surface area contributed by atoms with Crippen molar-refractivity contribution in [2.75, 3.05) is 11.9 Å². The summed E-state index contributed by atoms with van der Waals surface area (Å²) >= 11 is 5.40. The molecule has 3 N–H and O–H groups in total. The van der Waals surface area contributed by atoms with Crippen LogP contribution in [0.3, 0.4) is 0 Å². The van der Waals surface area contributed by atoms with E-state index in [4.69, 9.17) is 0 Å². The van der Waals surface area contributed by atoms with Gasteiger partial charge in [0.25, 0.3) is 0 Å². The molecule has 4 rings (SSSR count). The first-order valence-electron chi connectivity index (χ1n) is 12.6. The Morgan fingerprint density at radius 3 is 2.51 bits per heavy atom. The van der Waals surface area contributed by atoms with E-state index < -0.39 is 28.7 Å². The van der Waals surface area contributed by atoms with Crippen LogP contribution in [0.4, 0.5) is 5.69 Å². The number of amides is 3. The SMILES string of the molecule is CCCC(C)NC(=O)C1N([C@@H](CO)C(C)C)C(=O)[C@@H]2[C@H](C(=O)Nc3ccccc3)[C@H]3SC12CC3Br. The number of anilines is 1. The van der Waals surface area contributed by atoms with Crippen LogP contribution in [-0.2, 0) is 14.4 Å². The lowest BCUT2D eigenvalue weighted by Crippen LogP contribution is -2.58. The highest BCUT2D eigenvalue weighted by Gasteiger charge is 2.76. The van der Waals surface area contributed by atoms with Gasteiger partial charge in [-0.3, -0.25) is 14.4 Å². The number of para-hydroxylation sites is 1. The number of nitrogens with zero attached hydrogens (tertiary/aromatic N) is 1. The Balaban J connectivity index is 1.73. The number of nitrogens with one attached hydrogen (secondary N) is 2. The van der Waals surface area contributed by atoms with Gasteiger partial charge in [-0.2, -0.15) is 0 Å². The highest BCUT2D eigenvalue weighted by molar-refractivity contribution is 9.09. The van der Waals surface area contributed by atoms with Gasteiger partial charge in [0.1, 0.15) is 6.04 Å². The van der Waals surface area contributed by atoms with E-state index in [0.717, 1.165) is 12.8 Å². The van der Waals surface area contributed by atoms with E-state index in [1.54, 1.807) is 16.7 Å². The van der Waals surface area contributed by atoms with Crippen LogP contribution >= 0.6 is 27.7 Å². The number of aliphatic hydroxyl groups is 1. The molecule has 0 radical (unpaired) electrons. The molecule has 0 aliphatic carbocycles. The van der Waals surface area contributed by atoms with Crippen LogP contribution in [0, 0.1) is 17.8 Å². The third-order valence-electron chi connectivity index (χ3n) is 7.74. The Bertz CT molecular complexity index is 963. The van der Waals surface area contributed by atoms with E-state index in [0.29, 0.717) is 12.1 Å². The van der Waals surface area contributed by atoms with Crippen molar-refractivity contribution in [2.24, 2.45) is 17.8 Å². The van der Waals surface area contributed by atoms with Crippen LogP contribution in [0.1, 0.15) is 47.0 Å². The zero-order chi connectivity index (χ0) is 25.5. The summed E-state index contributed by atoms with van der Waals surface area (Å²) in [5.74, 6) is -1.78. The Morgan fingerprint density at radius 1 is 1.23 bits per heavy atom. The summed E-state index contributed by atoms with van der Waals surface area (Å²) in [6.45, 7) is 7.72. The predicted molar refractivity (Wildman–Crippen MR) is 142 cm³/mol. The van der Waals surface area contributed by atoms with Gasteiger partial charge in [-0.1, -0.05) is 61.3 Å². The molecule has 3 saturated heterocycles. The quantitative estimate of drug-likeness (QED) is 0.398. The van der Waals surface area contributed by atoms with E-state index in [-0.39, 0.29) is 46.4 Å². The summed E-state index contributed by atoms with van der Waals surface area (Å²) in [6.07, 6.45) is 2.41. The number of likely N-dealkylation sites (tertiary alicyclic amines) is 1. The molecule has 1 spiro atoms. The summed E-state index contributed by atoms with van der Waals surface area (Å²) in [4.78, 5) is 43.1. The molecule has 9 heteroatoms. The maximum absolute atomic E-state index is 14.1. The van der Waals surface area contributed by atoms with Crippen molar-refractivity contribution >= 4 is 51.1 Å². The number of thioether (sulfide) groups is 1. The van der Waals surface area contributed by atoms with Crippen LogP contribution in [0.2, 0.25) is 0 Å². The molecule has 3 fully saturated rings. The second kappa shape index (κ2) is 10.4. The first-order valence-corrected chi connectivity index (χ1v) is 14.4. The van der Waals surface area contributed by atoms with Crippen molar-refractivity contribution in [3.8, 4) is 0 Å². The molecule has 3 aliphatic heterocycles. The molecule has 8 atom stereocenters. The van der Waals surface area contributed by atoms with Gasteiger partial charge in [-0.25, -0.2) is 0 Å². The van der Waals surface area contributed by atoms with Gasteiger partial charge in [-0.05, 0) is 37.8 Å². The van der Waals surface area contributed by atoms with E-state index in [2.05, 4.69) is 33.5 Å². The first kappa shape index (κ1) is 26.5. The normalized spacial score (nSPS) is 33.1. The largest absolute Gasteiger partial charge is 0.394 e. The number of halogens is 1. The first-order chi connectivity index (χ1) is 16.7. The van der Waals surface area contributed by atoms with Gasteiger partial charge in [-0.15, -0.1) is 11.8 Å². The highest BCUT2D eigenvalue weighted by atomic mass is 79.9. The molecule has 4 unspecified atom stereocenters. The van der Waals surface area contributed by atoms with Crippen molar-refractivity contribution in [3.63, 3.8) is 0 Å². The fraction of sp³-hybridized carbons (Fsp3) is 0.654. The lowest BCUT2D eigenvalue weighted by molar-refractivity contribution is -0.143. The van der Waals surface area contributed by atoms with Gasteiger partial charge in [0.2, 0.25) is 17.7 Å². The smallest absolute Gasteiger partial charge is 0.244 e. The molecule has 0 aromatic heterocycles. The minimum absolute atomic E-state index is 0.0121. The summed E-state index contributed by atoms with van der Waals surface area (Å²) < 4.78 is -0.715. The third-order valence-corrected chi connectivity index (χ3v) is 11.0. The molecule has 1 aromatic rings. The highest BCUT2D eigenvalue weighted by Crippen LogP contribution is 2.68. The molecule has 192 valence electrons. The minimum Gasteiger partial charge on any atom is -0.394 e. The molecule has 3 aliphatic rings. The standard InChI is InChI=1S/C26H36BrN3O4S/c1-5-9-15(4)28-24(33)22-26-12-17(27)21(35-26)19(23(32)29-16-10-7-6-8-11-16)20(26)25(34)30(22)18(13-31)14(2)3/h6-8,10-11,14-15,17-22,31H,5,9,12-13H2,1-4H3,(H,28,33)(H,29,32)/t15?,17?,18-,19-,20-,21-,22?,26?/m0/s1.